The summed E-state index contributed by atoms with van der Waals surface area (Å²) in [6.45, 7) is 1.78. The molecule has 4 heteroatoms. The molecular weight excluding hydrogens is 291 g/mol. The van der Waals surface area contributed by atoms with Crippen LogP contribution in [0.15, 0.2) is 18.2 Å². The molecule has 1 rings (SSSR count). The topological polar surface area (TPSA) is 26.0 Å². The molecule has 2 N–H and O–H groups in total. The first-order valence-corrected chi connectivity index (χ1v) is 4.40. The van der Waals surface area contributed by atoms with Crippen LogP contribution in [0.2, 0.25) is 0 Å². The number of hydrogen-bond donors (Lipinski definition) is 1. The smallest absolute Gasteiger partial charge is 0.129 e. The van der Waals surface area contributed by atoms with E-state index in [-0.39, 0.29) is 24.3 Å². The second-order valence-electron chi connectivity index (χ2n) is 2.42. The molecule has 68 valence electrons. The van der Waals surface area contributed by atoms with E-state index in [2.05, 4.69) is 22.6 Å². The molecule has 0 spiro atoms. The third kappa shape index (κ3) is 2.57. The summed E-state index contributed by atoms with van der Waals surface area (Å²) in [5.41, 5.74) is 6.18. The van der Waals surface area contributed by atoms with Crippen molar-refractivity contribution in [3.63, 3.8) is 0 Å². The minimum Gasteiger partial charge on any atom is -0.324 e. The van der Waals surface area contributed by atoms with Crippen LogP contribution in [0.4, 0.5) is 4.39 Å². The summed E-state index contributed by atoms with van der Waals surface area (Å²) in [4.78, 5) is 0. The lowest BCUT2D eigenvalue weighted by Crippen LogP contribution is -2.09. The lowest BCUT2D eigenvalue weighted by Gasteiger charge is -2.08. The van der Waals surface area contributed by atoms with Crippen LogP contribution in [-0.2, 0) is 0 Å². The van der Waals surface area contributed by atoms with Crippen molar-refractivity contribution < 1.29 is 4.39 Å². The predicted octanol–water partition coefficient (Wildman–Crippen LogP) is 2.87. The molecule has 1 aromatic carbocycles. The highest BCUT2D eigenvalue weighted by molar-refractivity contribution is 14.1. The van der Waals surface area contributed by atoms with Gasteiger partial charge in [-0.3, -0.25) is 0 Å². The van der Waals surface area contributed by atoms with Crippen molar-refractivity contribution in [2.75, 3.05) is 0 Å². The average molecular weight is 302 g/mol. The van der Waals surface area contributed by atoms with Gasteiger partial charge in [-0.2, -0.15) is 0 Å². The van der Waals surface area contributed by atoms with E-state index in [9.17, 15) is 4.39 Å². The van der Waals surface area contributed by atoms with Crippen LogP contribution in [0.3, 0.4) is 0 Å². The SMILES string of the molecule is CC(N)c1c(F)cccc1I.Cl. The highest BCUT2D eigenvalue weighted by Crippen LogP contribution is 2.20. The van der Waals surface area contributed by atoms with Gasteiger partial charge in [-0.05, 0) is 41.6 Å². The lowest BCUT2D eigenvalue weighted by molar-refractivity contribution is 0.591. The van der Waals surface area contributed by atoms with Crippen LogP contribution in [0, 0.1) is 9.39 Å². The molecule has 0 aliphatic heterocycles. The molecule has 1 unspecified atom stereocenters. The maximum atomic E-state index is 13.0. The zero-order chi connectivity index (χ0) is 8.43. The van der Waals surface area contributed by atoms with Crippen LogP contribution >= 0.6 is 35.0 Å². The number of benzene rings is 1. The Labute approximate surface area is 91.1 Å². The van der Waals surface area contributed by atoms with Gasteiger partial charge in [-0.15, -0.1) is 12.4 Å². The van der Waals surface area contributed by atoms with Crippen molar-refractivity contribution in [3.05, 3.63) is 33.1 Å². The Hall–Kier alpha value is 0.130. The number of rotatable bonds is 1. The van der Waals surface area contributed by atoms with Gasteiger partial charge < -0.3 is 5.73 Å². The molecule has 0 amide bonds. The van der Waals surface area contributed by atoms with Gasteiger partial charge in [-0.25, -0.2) is 4.39 Å². The van der Waals surface area contributed by atoms with E-state index in [4.69, 9.17) is 5.73 Å². The van der Waals surface area contributed by atoms with Crippen molar-refractivity contribution in [2.24, 2.45) is 5.73 Å². The van der Waals surface area contributed by atoms with Gasteiger partial charge in [0.25, 0.3) is 0 Å². The van der Waals surface area contributed by atoms with Gasteiger partial charge in [0.1, 0.15) is 5.82 Å². The second kappa shape index (κ2) is 4.99. The Morgan fingerprint density at radius 1 is 1.50 bits per heavy atom. The van der Waals surface area contributed by atoms with Crippen molar-refractivity contribution in [2.45, 2.75) is 13.0 Å². The van der Waals surface area contributed by atoms with E-state index in [0.717, 1.165) is 3.57 Å². The lowest BCUT2D eigenvalue weighted by atomic mass is 10.1. The molecule has 0 aliphatic carbocycles. The summed E-state index contributed by atoms with van der Waals surface area (Å²) >= 11 is 2.08. The van der Waals surface area contributed by atoms with Crippen LogP contribution < -0.4 is 5.73 Å². The zero-order valence-corrected chi connectivity index (χ0v) is 9.52. The van der Waals surface area contributed by atoms with E-state index in [1.165, 1.54) is 6.07 Å². The predicted molar refractivity (Wildman–Crippen MR) is 59.0 cm³/mol. The fourth-order valence-corrected chi connectivity index (χ4v) is 1.90. The fraction of sp³-hybridized carbons (Fsp3) is 0.250. The van der Waals surface area contributed by atoms with Crippen LogP contribution in [0.25, 0.3) is 0 Å². The summed E-state index contributed by atoms with van der Waals surface area (Å²) in [5, 5.41) is 0. The number of halogens is 3. The maximum Gasteiger partial charge on any atom is 0.129 e. The minimum absolute atomic E-state index is 0. The molecular formula is C8H10ClFIN. The molecule has 0 saturated heterocycles. The Morgan fingerprint density at radius 2 is 2.08 bits per heavy atom. The van der Waals surface area contributed by atoms with Crippen LogP contribution in [0.5, 0.6) is 0 Å². The Balaban J connectivity index is 0.00000121. The van der Waals surface area contributed by atoms with Gasteiger partial charge >= 0.3 is 0 Å². The van der Waals surface area contributed by atoms with Crippen molar-refractivity contribution in [1.82, 2.24) is 0 Å². The summed E-state index contributed by atoms with van der Waals surface area (Å²) < 4.78 is 13.9. The van der Waals surface area contributed by atoms with E-state index < -0.39 is 0 Å². The fourth-order valence-electron chi connectivity index (χ4n) is 0.946. The van der Waals surface area contributed by atoms with Crippen LogP contribution in [0.1, 0.15) is 18.5 Å². The van der Waals surface area contributed by atoms with Gasteiger partial charge in [0.2, 0.25) is 0 Å². The first-order chi connectivity index (χ1) is 5.13. The minimum atomic E-state index is -0.233. The van der Waals surface area contributed by atoms with Gasteiger partial charge in [0, 0.05) is 15.2 Å². The van der Waals surface area contributed by atoms with Crippen molar-refractivity contribution in [3.8, 4) is 0 Å². The molecule has 0 saturated carbocycles. The van der Waals surface area contributed by atoms with E-state index >= 15 is 0 Å². The second-order valence-corrected chi connectivity index (χ2v) is 3.59. The Morgan fingerprint density at radius 3 is 2.42 bits per heavy atom. The number of nitrogens with two attached hydrogens (primary N) is 1. The van der Waals surface area contributed by atoms with E-state index in [1.807, 2.05) is 6.07 Å². The molecule has 0 radical (unpaired) electrons. The highest BCUT2D eigenvalue weighted by Gasteiger charge is 2.09. The largest absolute Gasteiger partial charge is 0.324 e. The summed E-state index contributed by atoms with van der Waals surface area (Å²) in [7, 11) is 0. The standard InChI is InChI=1S/C8H9FIN.ClH/c1-5(11)8-6(9)3-2-4-7(8)10;/h2-5H,11H2,1H3;1H. The number of hydrogen-bond acceptors (Lipinski definition) is 1. The molecule has 0 heterocycles. The summed E-state index contributed by atoms with van der Waals surface area (Å²) in [6.07, 6.45) is 0. The normalized spacial score (nSPS) is 12.0. The highest BCUT2D eigenvalue weighted by atomic mass is 127. The Bertz CT molecular complexity index is 245. The van der Waals surface area contributed by atoms with E-state index in [1.54, 1.807) is 13.0 Å². The molecule has 0 aliphatic rings. The average Bonchev–Trinajstić information content (AvgIpc) is 1.85. The zero-order valence-electron chi connectivity index (χ0n) is 6.55. The maximum absolute atomic E-state index is 13.0. The van der Waals surface area contributed by atoms with E-state index in [0.29, 0.717) is 5.56 Å². The van der Waals surface area contributed by atoms with Crippen molar-refractivity contribution in [1.29, 1.82) is 0 Å². The van der Waals surface area contributed by atoms with Gasteiger partial charge in [0.15, 0.2) is 0 Å². The summed E-state index contributed by atoms with van der Waals surface area (Å²) in [5.74, 6) is -0.216. The third-order valence-electron chi connectivity index (χ3n) is 1.46. The van der Waals surface area contributed by atoms with Crippen molar-refractivity contribution >= 4 is 35.0 Å². The molecule has 1 nitrogen and oxygen atoms in total. The first-order valence-electron chi connectivity index (χ1n) is 3.32. The van der Waals surface area contributed by atoms with Gasteiger partial charge in [-0.1, -0.05) is 6.07 Å². The summed E-state index contributed by atoms with van der Waals surface area (Å²) in [6, 6.07) is 4.73. The molecule has 0 bridgehead atoms. The molecule has 0 fully saturated rings. The van der Waals surface area contributed by atoms with Crippen LogP contribution in [-0.4, -0.2) is 0 Å². The molecule has 1 atom stereocenters. The monoisotopic (exact) mass is 301 g/mol. The molecule has 0 aromatic heterocycles. The quantitative estimate of drug-likeness (QED) is 0.793. The molecule has 12 heavy (non-hydrogen) atoms. The first kappa shape index (κ1) is 12.1. The third-order valence-corrected chi connectivity index (χ3v) is 2.40. The molecule has 1 aromatic rings. The van der Waals surface area contributed by atoms with Gasteiger partial charge in [0.05, 0.1) is 0 Å². The Kier molecular flexibility index (Phi) is 5.04.